The average molecular weight is 232 g/mol. The van der Waals surface area contributed by atoms with Crippen LogP contribution in [-0.4, -0.2) is 28.0 Å². The second-order valence-corrected chi connectivity index (χ2v) is 3.89. The third-order valence-electron chi connectivity index (χ3n) is 2.64. The molecule has 0 radical (unpaired) electrons. The van der Waals surface area contributed by atoms with E-state index < -0.39 is 11.9 Å². The summed E-state index contributed by atoms with van der Waals surface area (Å²) in [7, 11) is 0. The number of amides is 1. The maximum Gasteiger partial charge on any atom is 0.310 e. The van der Waals surface area contributed by atoms with Gasteiger partial charge in [-0.25, -0.2) is 0 Å². The molecule has 1 aromatic heterocycles. The molecule has 0 fully saturated rings. The van der Waals surface area contributed by atoms with E-state index >= 15 is 0 Å². The predicted molar refractivity (Wildman–Crippen MR) is 60.4 cm³/mol. The van der Waals surface area contributed by atoms with Crippen LogP contribution in [0.2, 0.25) is 0 Å². The molecule has 0 aromatic carbocycles. The van der Waals surface area contributed by atoms with Crippen molar-refractivity contribution < 1.29 is 14.7 Å². The molecule has 2 N–H and O–H groups in total. The van der Waals surface area contributed by atoms with E-state index in [1.807, 2.05) is 0 Å². The van der Waals surface area contributed by atoms with Crippen molar-refractivity contribution >= 4 is 11.9 Å². The first-order valence-electron chi connectivity index (χ1n) is 5.29. The second kappa shape index (κ2) is 4.78. The number of aliphatic carboxylic acids is 1. The molecule has 1 heterocycles. The Morgan fingerprint density at radius 2 is 2.24 bits per heavy atom. The first-order valence-corrected chi connectivity index (χ1v) is 5.29. The highest BCUT2D eigenvalue weighted by molar-refractivity contribution is 5.94. The van der Waals surface area contributed by atoms with Gasteiger partial charge in [-0.05, 0) is 18.6 Å². The molecule has 2 atom stereocenters. The number of carboxylic acids is 1. The number of nitrogens with zero attached hydrogens (tertiary/aromatic N) is 1. The van der Waals surface area contributed by atoms with Crippen molar-refractivity contribution in [1.82, 2.24) is 10.3 Å². The Bertz CT molecular complexity index is 456. The van der Waals surface area contributed by atoms with Crippen LogP contribution in [0.15, 0.2) is 36.7 Å². The highest BCUT2D eigenvalue weighted by Crippen LogP contribution is 2.18. The second-order valence-electron chi connectivity index (χ2n) is 3.89. The van der Waals surface area contributed by atoms with E-state index in [2.05, 4.69) is 10.3 Å². The van der Waals surface area contributed by atoms with Gasteiger partial charge in [0.2, 0.25) is 0 Å². The zero-order valence-electron chi connectivity index (χ0n) is 9.04. The Labute approximate surface area is 98.2 Å². The van der Waals surface area contributed by atoms with E-state index in [1.54, 1.807) is 30.5 Å². The Morgan fingerprint density at radius 1 is 1.41 bits per heavy atom. The molecular weight excluding hydrogens is 220 g/mol. The summed E-state index contributed by atoms with van der Waals surface area (Å²) in [6.45, 7) is 0. The molecule has 17 heavy (non-hydrogen) atoms. The molecule has 2 unspecified atom stereocenters. The van der Waals surface area contributed by atoms with Crippen LogP contribution in [0.5, 0.6) is 0 Å². The van der Waals surface area contributed by atoms with Gasteiger partial charge >= 0.3 is 5.97 Å². The summed E-state index contributed by atoms with van der Waals surface area (Å²) in [4.78, 5) is 26.3. The Balaban J connectivity index is 1.94. The number of carbonyl (C=O) groups is 2. The lowest BCUT2D eigenvalue weighted by molar-refractivity contribution is -0.140. The fourth-order valence-electron chi connectivity index (χ4n) is 1.74. The number of carbonyl (C=O) groups excluding carboxylic acids is 1. The van der Waals surface area contributed by atoms with Crippen LogP contribution >= 0.6 is 0 Å². The predicted octanol–water partition coefficient (Wildman–Crippen LogP) is 0.841. The van der Waals surface area contributed by atoms with E-state index in [1.165, 1.54) is 6.20 Å². The zero-order valence-corrected chi connectivity index (χ0v) is 9.04. The topological polar surface area (TPSA) is 79.3 Å². The van der Waals surface area contributed by atoms with Gasteiger partial charge in [0.25, 0.3) is 5.91 Å². The minimum atomic E-state index is -0.862. The van der Waals surface area contributed by atoms with Crippen molar-refractivity contribution in [3.63, 3.8) is 0 Å². The Kier molecular flexibility index (Phi) is 3.18. The number of nitrogens with one attached hydrogen (secondary N) is 1. The number of hydrogen-bond acceptors (Lipinski definition) is 3. The summed E-state index contributed by atoms with van der Waals surface area (Å²) < 4.78 is 0. The zero-order chi connectivity index (χ0) is 12.3. The summed E-state index contributed by atoms with van der Waals surface area (Å²) in [6.07, 6.45) is 6.79. The van der Waals surface area contributed by atoms with Crippen LogP contribution < -0.4 is 5.32 Å². The van der Waals surface area contributed by atoms with Crippen molar-refractivity contribution in [2.45, 2.75) is 12.5 Å². The highest BCUT2D eigenvalue weighted by atomic mass is 16.4. The summed E-state index contributed by atoms with van der Waals surface area (Å²) >= 11 is 0. The molecule has 1 aliphatic carbocycles. The maximum atomic E-state index is 11.7. The lowest BCUT2D eigenvalue weighted by Gasteiger charge is -2.11. The molecular formula is C12H12N2O3. The summed E-state index contributed by atoms with van der Waals surface area (Å²) in [6, 6.07) is 3.12. The van der Waals surface area contributed by atoms with Gasteiger partial charge in [0, 0.05) is 18.4 Å². The molecule has 5 nitrogen and oxygen atoms in total. The van der Waals surface area contributed by atoms with Gasteiger partial charge < -0.3 is 10.4 Å². The van der Waals surface area contributed by atoms with Crippen molar-refractivity contribution in [3.05, 3.63) is 42.2 Å². The van der Waals surface area contributed by atoms with E-state index in [9.17, 15) is 9.59 Å². The monoisotopic (exact) mass is 232 g/mol. The number of hydrogen-bond donors (Lipinski definition) is 2. The van der Waals surface area contributed by atoms with Gasteiger partial charge in [-0.3, -0.25) is 14.6 Å². The first kappa shape index (κ1) is 11.3. The van der Waals surface area contributed by atoms with E-state index in [-0.39, 0.29) is 11.9 Å². The maximum absolute atomic E-state index is 11.7. The van der Waals surface area contributed by atoms with Crippen LogP contribution in [0.3, 0.4) is 0 Å². The first-order chi connectivity index (χ1) is 8.16. The summed E-state index contributed by atoms with van der Waals surface area (Å²) in [5, 5.41) is 11.6. The minimum absolute atomic E-state index is 0.219. The molecule has 1 aliphatic rings. The van der Waals surface area contributed by atoms with Crippen molar-refractivity contribution in [2.24, 2.45) is 5.92 Å². The quantitative estimate of drug-likeness (QED) is 0.757. The fourth-order valence-corrected chi connectivity index (χ4v) is 1.74. The molecule has 0 spiro atoms. The van der Waals surface area contributed by atoms with Crippen molar-refractivity contribution in [1.29, 1.82) is 0 Å². The van der Waals surface area contributed by atoms with Gasteiger partial charge in [0.05, 0.1) is 11.5 Å². The lowest BCUT2D eigenvalue weighted by atomic mass is 10.1. The normalized spacial score (nSPS) is 22.4. The van der Waals surface area contributed by atoms with Crippen LogP contribution in [0.25, 0.3) is 0 Å². The Hall–Kier alpha value is -2.17. The SMILES string of the molecule is O=C(NC1C=CC(C(=O)O)C1)c1cccnc1. The minimum Gasteiger partial charge on any atom is -0.481 e. The molecule has 1 amide bonds. The van der Waals surface area contributed by atoms with Gasteiger partial charge in [-0.2, -0.15) is 0 Å². The third-order valence-corrected chi connectivity index (χ3v) is 2.64. The number of carboxylic acid groups (broad SMARTS) is 1. The fraction of sp³-hybridized carbons (Fsp3) is 0.250. The lowest BCUT2D eigenvalue weighted by Crippen LogP contribution is -2.33. The van der Waals surface area contributed by atoms with Crippen molar-refractivity contribution in [3.8, 4) is 0 Å². The molecule has 1 aromatic rings. The molecule has 5 heteroatoms. The smallest absolute Gasteiger partial charge is 0.310 e. The number of aromatic nitrogens is 1. The highest BCUT2D eigenvalue weighted by Gasteiger charge is 2.25. The van der Waals surface area contributed by atoms with Crippen molar-refractivity contribution in [2.75, 3.05) is 0 Å². The third kappa shape index (κ3) is 2.69. The van der Waals surface area contributed by atoms with E-state index in [0.717, 1.165) is 0 Å². The molecule has 0 bridgehead atoms. The Morgan fingerprint density at radius 3 is 2.82 bits per heavy atom. The molecule has 0 saturated heterocycles. The van der Waals surface area contributed by atoms with Gasteiger partial charge in [-0.1, -0.05) is 12.2 Å². The summed E-state index contributed by atoms with van der Waals surface area (Å²) in [5.74, 6) is -1.60. The van der Waals surface area contributed by atoms with Crippen LogP contribution in [0, 0.1) is 5.92 Å². The van der Waals surface area contributed by atoms with Gasteiger partial charge in [0.15, 0.2) is 0 Å². The van der Waals surface area contributed by atoms with Crippen LogP contribution in [-0.2, 0) is 4.79 Å². The number of rotatable bonds is 3. The largest absolute Gasteiger partial charge is 0.481 e. The van der Waals surface area contributed by atoms with Crippen LogP contribution in [0.1, 0.15) is 16.8 Å². The summed E-state index contributed by atoms with van der Waals surface area (Å²) in [5.41, 5.74) is 0.472. The molecule has 88 valence electrons. The van der Waals surface area contributed by atoms with Gasteiger partial charge in [0.1, 0.15) is 0 Å². The van der Waals surface area contributed by atoms with E-state index in [0.29, 0.717) is 12.0 Å². The van der Waals surface area contributed by atoms with E-state index in [4.69, 9.17) is 5.11 Å². The molecule has 0 saturated carbocycles. The molecule has 0 aliphatic heterocycles. The average Bonchev–Trinajstić information content (AvgIpc) is 2.79. The number of pyridine rings is 1. The molecule has 2 rings (SSSR count). The van der Waals surface area contributed by atoms with Gasteiger partial charge in [-0.15, -0.1) is 0 Å². The standard InChI is InChI=1S/C12H12N2O3/c15-11(9-2-1-5-13-7-9)14-10-4-3-8(6-10)12(16)17/h1-5,7-8,10H,6H2,(H,14,15)(H,16,17). The van der Waals surface area contributed by atoms with Crippen LogP contribution in [0.4, 0.5) is 0 Å².